The topological polar surface area (TPSA) is 75.1 Å². The number of hydrogen-bond donors (Lipinski definition) is 2. The third-order valence-corrected chi connectivity index (χ3v) is 2.54. The molecule has 0 atom stereocenters. The molecular formula is C13H13N3O2. The van der Waals surface area contributed by atoms with E-state index in [0.717, 1.165) is 11.3 Å². The lowest BCUT2D eigenvalue weighted by atomic mass is 10.2. The van der Waals surface area contributed by atoms with Crippen LogP contribution >= 0.6 is 0 Å². The van der Waals surface area contributed by atoms with Crippen molar-refractivity contribution in [1.29, 1.82) is 0 Å². The SMILES string of the molecule is Cc1ncc(C(=O)O)c(Nc2ccccc2C)n1. The van der Waals surface area contributed by atoms with Crippen LogP contribution in [0.2, 0.25) is 0 Å². The van der Waals surface area contributed by atoms with Crippen LogP contribution < -0.4 is 5.32 Å². The van der Waals surface area contributed by atoms with Crippen LogP contribution in [0.4, 0.5) is 11.5 Å². The molecule has 0 radical (unpaired) electrons. The van der Waals surface area contributed by atoms with Crippen LogP contribution in [0.5, 0.6) is 0 Å². The highest BCUT2D eigenvalue weighted by Crippen LogP contribution is 2.21. The first kappa shape index (κ1) is 12.0. The summed E-state index contributed by atoms with van der Waals surface area (Å²) in [6.45, 7) is 3.66. The van der Waals surface area contributed by atoms with Crippen molar-refractivity contribution in [3.63, 3.8) is 0 Å². The number of anilines is 2. The number of aromatic nitrogens is 2. The Bertz CT molecular complexity index is 597. The van der Waals surface area contributed by atoms with Crippen molar-refractivity contribution >= 4 is 17.5 Å². The lowest BCUT2D eigenvalue weighted by Crippen LogP contribution is -2.07. The Morgan fingerprint density at radius 3 is 2.67 bits per heavy atom. The maximum absolute atomic E-state index is 11.1. The molecule has 5 nitrogen and oxygen atoms in total. The van der Waals surface area contributed by atoms with Gasteiger partial charge in [0.1, 0.15) is 17.2 Å². The molecule has 2 rings (SSSR count). The molecule has 0 unspecified atom stereocenters. The van der Waals surface area contributed by atoms with Gasteiger partial charge >= 0.3 is 5.97 Å². The Morgan fingerprint density at radius 2 is 2.00 bits per heavy atom. The van der Waals surface area contributed by atoms with Crippen molar-refractivity contribution in [3.8, 4) is 0 Å². The second-order valence-corrected chi connectivity index (χ2v) is 3.92. The van der Waals surface area contributed by atoms with Gasteiger partial charge in [-0.1, -0.05) is 18.2 Å². The quantitative estimate of drug-likeness (QED) is 0.866. The molecule has 5 heteroatoms. The molecule has 0 amide bonds. The van der Waals surface area contributed by atoms with Crippen molar-refractivity contribution in [2.45, 2.75) is 13.8 Å². The largest absolute Gasteiger partial charge is 0.477 e. The van der Waals surface area contributed by atoms with Gasteiger partial charge in [-0.25, -0.2) is 14.8 Å². The van der Waals surface area contributed by atoms with E-state index in [0.29, 0.717) is 11.6 Å². The van der Waals surface area contributed by atoms with Crippen LogP contribution in [0.1, 0.15) is 21.7 Å². The van der Waals surface area contributed by atoms with Crippen molar-refractivity contribution < 1.29 is 9.90 Å². The molecule has 2 N–H and O–H groups in total. The fourth-order valence-corrected chi connectivity index (χ4v) is 1.56. The summed E-state index contributed by atoms with van der Waals surface area (Å²) in [4.78, 5) is 19.1. The van der Waals surface area contributed by atoms with E-state index in [2.05, 4.69) is 15.3 Å². The summed E-state index contributed by atoms with van der Waals surface area (Å²) in [5.41, 5.74) is 1.91. The standard InChI is InChI=1S/C13H13N3O2/c1-8-5-3-4-6-11(8)16-12-10(13(17)18)7-14-9(2)15-12/h3-7H,1-2H3,(H,17,18)(H,14,15,16). The Morgan fingerprint density at radius 1 is 1.28 bits per heavy atom. The number of nitrogens with one attached hydrogen (secondary N) is 1. The summed E-state index contributed by atoms with van der Waals surface area (Å²) in [6, 6.07) is 7.61. The van der Waals surface area contributed by atoms with Crippen molar-refractivity contribution in [1.82, 2.24) is 9.97 Å². The number of aromatic carboxylic acids is 1. The van der Waals surface area contributed by atoms with Crippen LogP contribution in [0.25, 0.3) is 0 Å². The summed E-state index contributed by atoms with van der Waals surface area (Å²) in [7, 11) is 0. The summed E-state index contributed by atoms with van der Waals surface area (Å²) in [6.07, 6.45) is 1.31. The fourth-order valence-electron chi connectivity index (χ4n) is 1.56. The van der Waals surface area contributed by atoms with E-state index in [1.807, 2.05) is 31.2 Å². The number of carboxylic acids is 1. The molecule has 0 spiro atoms. The smallest absolute Gasteiger partial charge is 0.341 e. The van der Waals surface area contributed by atoms with Gasteiger partial charge in [0.25, 0.3) is 0 Å². The minimum Gasteiger partial charge on any atom is -0.477 e. The van der Waals surface area contributed by atoms with Gasteiger partial charge < -0.3 is 10.4 Å². The molecule has 0 saturated carbocycles. The number of para-hydroxylation sites is 1. The number of hydrogen-bond acceptors (Lipinski definition) is 4. The zero-order chi connectivity index (χ0) is 13.1. The van der Waals surface area contributed by atoms with E-state index in [1.165, 1.54) is 6.20 Å². The molecule has 1 aromatic heterocycles. The van der Waals surface area contributed by atoms with Crippen LogP contribution in [0.3, 0.4) is 0 Å². The molecule has 2 aromatic rings. The average molecular weight is 243 g/mol. The third kappa shape index (κ3) is 2.45. The normalized spacial score (nSPS) is 10.1. The Labute approximate surface area is 105 Å². The molecule has 0 fully saturated rings. The van der Waals surface area contributed by atoms with Crippen LogP contribution in [0.15, 0.2) is 30.5 Å². The van der Waals surface area contributed by atoms with Gasteiger partial charge in [-0.15, -0.1) is 0 Å². The predicted octanol–water partition coefficient (Wildman–Crippen LogP) is 2.54. The highest BCUT2D eigenvalue weighted by Gasteiger charge is 2.13. The van der Waals surface area contributed by atoms with E-state index in [9.17, 15) is 4.79 Å². The van der Waals surface area contributed by atoms with Crippen LogP contribution in [-0.4, -0.2) is 21.0 Å². The minimum absolute atomic E-state index is 0.0591. The van der Waals surface area contributed by atoms with Crippen LogP contribution in [-0.2, 0) is 0 Å². The number of carboxylic acid groups (broad SMARTS) is 1. The van der Waals surface area contributed by atoms with Crippen molar-refractivity contribution in [2.24, 2.45) is 0 Å². The lowest BCUT2D eigenvalue weighted by molar-refractivity contribution is 0.0697. The van der Waals surface area contributed by atoms with E-state index in [4.69, 9.17) is 5.11 Å². The average Bonchev–Trinajstić information content (AvgIpc) is 2.32. The third-order valence-electron chi connectivity index (χ3n) is 2.54. The molecule has 0 bridgehead atoms. The number of aryl methyl sites for hydroxylation is 2. The highest BCUT2D eigenvalue weighted by molar-refractivity contribution is 5.93. The van der Waals surface area contributed by atoms with Crippen molar-refractivity contribution in [3.05, 3.63) is 47.4 Å². The van der Waals surface area contributed by atoms with Crippen LogP contribution in [0, 0.1) is 13.8 Å². The maximum atomic E-state index is 11.1. The molecule has 1 heterocycles. The summed E-state index contributed by atoms with van der Waals surface area (Å²) >= 11 is 0. The molecule has 0 aliphatic carbocycles. The van der Waals surface area contributed by atoms with Gasteiger partial charge in [-0.2, -0.15) is 0 Å². The molecule has 92 valence electrons. The predicted molar refractivity (Wildman–Crippen MR) is 68.2 cm³/mol. The van der Waals surface area contributed by atoms with Gasteiger partial charge in [-0.3, -0.25) is 0 Å². The number of benzene rings is 1. The summed E-state index contributed by atoms with van der Waals surface area (Å²) < 4.78 is 0. The van der Waals surface area contributed by atoms with Gasteiger partial charge in [0.15, 0.2) is 0 Å². The molecule has 1 aromatic carbocycles. The Balaban J connectivity index is 2.42. The Kier molecular flexibility index (Phi) is 3.23. The van der Waals surface area contributed by atoms with Gasteiger partial charge in [0.05, 0.1) is 0 Å². The monoisotopic (exact) mass is 243 g/mol. The van der Waals surface area contributed by atoms with E-state index in [1.54, 1.807) is 6.92 Å². The summed E-state index contributed by atoms with van der Waals surface area (Å²) in [5, 5.41) is 12.1. The molecule has 0 saturated heterocycles. The minimum atomic E-state index is -1.05. The second kappa shape index (κ2) is 4.83. The molecule has 0 aliphatic heterocycles. The first-order valence-corrected chi connectivity index (χ1v) is 5.47. The number of nitrogens with zero attached hydrogens (tertiary/aromatic N) is 2. The maximum Gasteiger partial charge on any atom is 0.341 e. The second-order valence-electron chi connectivity index (χ2n) is 3.92. The zero-order valence-electron chi connectivity index (χ0n) is 10.1. The number of carbonyl (C=O) groups is 1. The first-order chi connectivity index (χ1) is 8.58. The lowest BCUT2D eigenvalue weighted by Gasteiger charge is -2.10. The van der Waals surface area contributed by atoms with Gasteiger partial charge in [0.2, 0.25) is 0 Å². The Hall–Kier alpha value is -2.43. The fraction of sp³-hybridized carbons (Fsp3) is 0.154. The summed E-state index contributed by atoms with van der Waals surface area (Å²) in [5.74, 6) is -0.216. The van der Waals surface area contributed by atoms with E-state index < -0.39 is 5.97 Å². The zero-order valence-corrected chi connectivity index (χ0v) is 10.1. The highest BCUT2D eigenvalue weighted by atomic mass is 16.4. The van der Waals surface area contributed by atoms with E-state index >= 15 is 0 Å². The molecule has 18 heavy (non-hydrogen) atoms. The number of rotatable bonds is 3. The first-order valence-electron chi connectivity index (χ1n) is 5.47. The van der Waals surface area contributed by atoms with E-state index in [-0.39, 0.29) is 5.56 Å². The molecular weight excluding hydrogens is 230 g/mol. The van der Waals surface area contributed by atoms with Crippen molar-refractivity contribution in [2.75, 3.05) is 5.32 Å². The van der Waals surface area contributed by atoms with Gasteiger partial charge in [-0.05, 0) is 25.5 Å². The van der Waals surface area contributed by atoms with Gasteiger partial charge in [0, 0.05) is 11.9 Å². The molecule has 0 aliphatic rings.